The zero-order chi connectivity index (χ0) is 12.1. The van der Waals surface area contributed by atoms with Crippen molar-refractivity contribution < 1.29 is 20.1 Å². The molecule has 0 aliphatic carbocycles. The van der Waals surface area contributed by atoms with Gasteiger partial charge in [0.05, 0.1) is 11.0 Å². The second-order valence-corrected chi connectivity index (χ2v) is 2.90. The van der Waals surface area contributed by atoms with Crippen molar-refractivity contribution in [3.05, 3.63) is 28.7 Å². The second-order valence-electron chi connectivity index (χ2n) is 2.90. The van der Waals surface area contributed by atoms with E-state index in [1.54, 1.807) is 6.07 Å². The van der Waals surface area contributed by atoms with Crippen LogP contribution in [0.25, 0.3) is 11.0 Å². The molecular formula is C7H10B2N2O5. The van der Waals surface area contributed by atoms with Crippen LogP contribution >= 0.6 is 0 Å². The molecule has 7 nitrogen and oxygen atoms in total. The number of H-pyrrole nitrogens is 2. The SMILES string of the molecule is O=c1[nH]c2ccc(B(O)O)cc2[nH]1.OBO. The van der Waals surface area contributed by atoms with Gasteiger partial charge >= 0.3 is 20.5 Å². The molecule has 0 unspecified atom stereocenters. The third kappa shape index (κ3) is 2.97. The Hall–Kier alpha value is -1.54. The number of hydrogen-bond donors (Lipinski definition) is 6. The van der Waals surface area contributed by atoms with Gasteiger partial charge in [0.25, 0.3) is 0 Å². The van der Waals surface area contributed by atoms with Gasteiger partial charge in [-0.2, -0.15) is 0 Å². The lowest BCUT2D eigenvalue weighted by Crippen LogP contribution is -2.29. The van der Waals surface area contributed by atoms with Crippen LogP contribution in [0.5, 0.6) is 0 Å². The van der Waals surface area contributed by atoms with Crippen LogP contribution in [0, 0.1) is 0 Å². The molecule has 2 aromatic rings. The molecule has 0 bridgehead atoms. The van der Waals surface area contributed by atoms with E-state index < -0.39 is 14.8 Å². The van der Waals surface area contributed by atoms with Gasteiger partial charge in [0.1, 0.15) is 0 Å². The monoisotopic (exact) mass is 224 g/mol. The minimum absolute atomic E-state index is 0.306. The van der Waals surface area contributed by atoms with Gasteiger partial charge in [-0.15, -0.1) is 0 Å². The molecule has 0 saturated heterocycles. The fourth-order valence-corrected chi connectivity index (χ4v) is 1.21. The molecule has 0 fully saturated rings. The summed E-state index contributed by atoms with van der Waals surface area (Å²) in [5.41, 5.74) is 1.26. The van der Waals surface area contributed by atoms with Crippen molar-refractivity contribution >= 4 is 31.3 Å². The van der Waals surface area contributed by atoms with Crippen molar-refractivity contribution in [1.29, 1.82) is 0 Å². The molecule has 6 N–H and O–H groups in total. The molecule has 1 aromatic heterocycles. The summed E-state index contributed by atoms with van der Waals surface area (Å²) in [6.07, 6.45) is 0. The summed E-state index contributed by atoms with van der Waals surface area (Å²) in [6, 6.07) is 4.66. The maximum Gasteiger partial charge on any atom is 0.488 e. The Kier molecular flexibility index (Phi) is 4.32. The van der Waals surface area contributed by atoms with Crippen molar-refractivity contribution in [3.63, 3.8) is 0 Å². The highest BCUT2D eigenvalue weighted by atomic mass is 16.4. The van der Waals surface area contributed by atoms with Crippen LogP contribution in [-0.4, -0.2) is 44.9 Å². The lowest BCUT2D eigenvalue weighted by molar-refractivity contribution is 0.426. The average Bonchev–Trinajstić information content (AvgIpc) is 2.57. The number of benzene rings is 1. The van der Waals surface area contributed by atoms with Gasteiger partial charge in [-0.05, 0) is 17.6 Å². The molecule has 0 aliphatic rings. The van der Waals surface area contributed by atoms with Crippen LogP contribution in [0.15, 0.2) is 23.0 Å². The normalized spacial score (nSPS) is 9.50. The number of aromatic amines is 2. The van der Waals surface area contributed by atoms with Crippen molar-refractivity contribution in [2.75, 3.05) is 0 Å². The Morgan fingerprint density at radius 1 is 1.12 bits per heavy atom. The van der Waals surface area contributed by atoms with Crippen LogP contribution in [0.3, 0.4) is 0 Å². The maximum atomic E-state index is 10.8. The van der Waals surface area contributed by atoms with Gasteiger partial charge in [-0.3, -0.25) is 0 Å². The van der Waals surface area contributed by atoms with Crippen molar-refractivity contribution in [3.8, 4) is 0 Å². The lowest BCUT2D eigenvalue weighted by Gasteiger charge is -1.97. The molecule has 84 valence electrons. The van der Waals surface area contributed by atoms with Crippen molar-refractivity contribution in [2.45, 2.75) is 0 Å². The fourth-order valence-electron chi connectivity index (χ4n) is 1.21. The minimum Gasteiger partial charge on any atom is -0.430 e. The summed E-state index contributed by atoms with van der Waals surface area (Å²) in [6.45, 7) is 0. The number of nitrogens with one attached hydrogen (secondary N) is 2. The molecule has 9 heteroatoms. The molecule has 1 heterocycles. The number of fused-ring (bicyclic) bond motifs is 1. The zero-order valence-electron chi connectivity index (χ0n) is 8.21. The largest absolute Gasteiger partial charge is 0.488 e. The van der Waals surface area contributed by atoms with Crippen LogP contribution < -0.4 is 11.2 Å². The Morgan fingerprint density at radius 2 is 1.69 bits per heavy atom. The Bertz CT molecular complexity index is 509. The first-order valence-electron chi connectivity index (χ1n) is 4.38. The van der Waals surface area contributed by atoms with Gasteiger partial charge in [-0.25, -0.2) is 4.79 Å². The molecule has 0 saturated carbocycles. The Morgan fingerprint density at radius 3 is 2.25 bits per heavy atom. The summed E-state index contributed by atoms with van der Waals surface area (Å²) in [5, 5.41) is 31.9. The topological polar surface area (TPSA) is 130 Å². The number of rotatable bonds is 1. The predicted molar refractivity (Wildman–Crippen MR) is 60.3 cm³/mol. The minimum atomic E-state index is -1.51. The summed E-state index contributed by atoms with van der Waals surface area (Å²) < 4.78 is 0. The van der Waals surface area contributed by atoms with E-state index in [1.165, 1.54) is 12.1 Å². The molecule has 0 aliphatic heterocycles. The lowest BCUT2D eigenvalue weighted by atomic mass is 9.80. The molecule has 0 spiro atoms. The van der Waals surface area contributed by atoms with E-state index in [2.05, 4.69) is 9.97 Å². The van der Waals surface area contributed by atoms with Crippen LogP contribution in [0.4, 0.5) is 0 Å². The van der Waals surface area contributed by atoms with Gasteiger partial charge in [-0.1, -0.05) is 6.07 Å². The van der Waals surface area contributed by atoms with Gasteiger partial charge < -0.3 is 30.1 Å². The standard InChI is InChI=1S/C7H7BN2O3.BH3O2/c11-7-9-5-2-1-4(8(12)13)3-6(5)10-7;2-1-3/h1-3,12-13H,(H2,9,10,11);1-3H. The van der Waals surface area contributed by atoms with Gasteiger partial charge in [0.2, 0.25) is 0 Å². The highest BCUT2D eigenvalue weighted by Gasteiger charge is 2.11. The molecular weight excluding hydrogens is 214 g/mol. The van der Waals surface area contributed by atoms with Crippen LogP contribution in [0.2, 0.25) is 0 Å². The van der Waals surface area contributed by atoms with E-state index in [1.807, 2.05) is 0 Å². The van der Waals surface area contributed by atoms with E-state index in [0.29, 0.717) is 16.5 Å². The first-order valence-corrected chi connectivity index (χ1v) is 4.38. The highest BCUT2D eigenvalue weighted by molar-refractivity contribution is 6.58. The van der Waals surface area contributed by atoms with Crippen molar-refractivity contribution in [1.82, 2.24) is 9.97 Å². The molecule has 0 radical (unpaired) electrons. The highest BCUT2D eigenvalue weighted by Crippen LogP contribution is 2.02. The van der Waals surface area contributed by atoms with Crippen LogP contribution in [0.1, 0.15) is 0 Å². The number of imidazole rings is 1. The first-order chi connectivity index (χ1) is 7.58. The summed E-state index contributed by atoms with van der Waals surface area (Å²) in [4.78, 5) is 15.9. The molecule has 0 atom stereocenters. The van der Waals surface area contributed by atoms with E-state index in [9.17, 15) is 4.79 Å². The summed E-state index contributed by atoms with van der Waals surface area (Å²) >= 11 is 0. The number of hydrogen-bond acceptors (Lipinski definition) is 5. The van der Waals surface area contributed by atoms with E-state index in [-0.39, 0.29) is 5.69 Å². The average molecular weight is 224 g/mol. The molecule has 16 heavy (non-hydrogen) atoms. The van der Waals surface area contributed by atoms with Crippen molar-refractivity contribution in [2.24, 2.45) is 0 Å². The molecule has 2 rings (SSSR count). The zero-order valence-corrected chi connectivity index (χ0v) is 8.21. The van der Waals surface area contributed by atoms with Gasteiger partial charge in [0, 0.05) is 0 Å². The fraction of sp³-hybridized carbons (Fsp3) is 0. The quantitative estimate of drug-likeness (QED) is 0.283. The molecule has 0 amide bonds. The summed E-state index contributed by atoms with van der Waals surface area (Å²) in [5.74, 6) is 0. The van der Waals surface area contributed by atoms with Crippen LogP contribution in [-0.2, 0) is 0 Å². The third-order valence-electron chi connectivity index (χ3n) is 1.84. The smallest absolute Gasteiger partial charge is 0.430 e. The number of aromatic nitrogens is 2. The van der Waals surface area contributed by atoms with E-state index in [4.69, 9.17) is 20.1 Å². The Labute approximate surface area is 90.8 Å². The third-order valence-corrected chi connectivity index (χ3v) is 1.84. The van der Waals surface area contributed by atoms with E-state index in [0.717, 1.165) is 0 Å². The first kappa shape index (κ1) is 12.5. The maximum absolute atomic E-state index is 10.8. The second kappa shape index (κ2) is 5.52. The predicted octanol–water partition coefficient (Wildman–Crippen LogP) is -3.23. The van der Waals surface area contributed by atoms with E-state index >= 15 is 0 Å². The Balaban J connectivity index is 0.000000386. The van der Waals surface area contributed by atoms with Gasteiger partial charge in [0.15, 0.2) is 0 Å². The molecule has 1 aromatic carbocycles. The summed E-state index contributed by atoms with van der Waals surface area (Å²) in [7, 11) is -2.26.